The summed E-state index contributed by atoms with van der Waals surface area (Å²) in [4.78, 5) is 16.2. The maximum absolute atomic E-state index is 10.7. The van der Waals surface area contributed by atoms with E-state index in [1.807, 2.05) is 35.0 Å². The van der Waals surface area contributed by atoms with Crippen LogP contribution in [0.3, 0.4) is 0 Å². The lowest BCUT2D eigenvalue weighted by molar-refractivity contribution is -0.107. The smallest absolute Gasteiger partial charge is 0.214 e. The van der Waals surface area contributed by atoms with E-state index in [1.54, 1.807) is 11.3 Å². The van der Waals surface area contributed by atoms with E-state index in [2.05, 4.69) is 15.4 Å². The molecule has 0 radical (unpaired) electrons. The highest BCUT2D eigenvalue weighted by atomic mass is 32.1. The van der Waals surface area contributed by atoms with Crippen LogP contribution >= 0.6 is 11.3 Å². The van der Waals surface area contributed by atoms with E-state index in [4.69, 9.17) is 4.74 Å². The fourth-order valence-corrected chi connectivity index (χ4v) is 3.83. The molecule has 0 amide bonds. The van der Waals surface area contributed by atoms with Crippen molar-refractivity contribution >= 4 is 27.7 Å². The number of rotatable bonds is 6. The topological polar surface area (TPSA) is 68.5 Å². The lowest BCUT2D eigenvalue weighted by atomic mass is 10.0. The van der Waals surface area contributed by atoms with Crippen molar-refractivity contribution in [1.82, 2.24) is 14.6 Å². The van der Waals surface area contributed by atoms with Crippen LogP contribution in [0, 0.1) is 5.92 Å². The second-order valence-electron chi connectivity index (χ2n) is 6.27. The number of ether oxygens (including phenoxy) is 1. The molecule has 3 aromatic rings. The van der Waals surface area contributed by atoms with Gasteiger partial charge in [0.2, 0.25) is 10.1 Å². The maximum Gasteiger partial charge on any atom is 0.214 e. The fourth-order valence-electron chi connectivity index (χ4n) is 3.05. The Morgan fingerprint density at radius 2 is 2.24 bits per heavy atom. The molecule has 3 heterocycles. The van der Waals surface area contributed by atoms with E-state index in [1.165, 1.54) is 0 Å². The molecule has 0 spiro atoms. The van der Waals surface area contributed by atoms with Crippen molar-refractivity contribution in [2.75, 3.05) is 25.1 Å². The van der Waals surface area contributed by atoms with Gasteiger partial charge in [-0.25, -0.2) is 9.50 Å². The summed E-state index contributed by atoms with van der Waals surface area (Å²) in [7, 11) is 0. The SMILES string of the molecule is O=CCc1cccc(-c2cn3nc(NCC4CCOCC4)sc3n2)c1. The van der Waals surface area contributed by atoms with Gasteiger partial charge in [0.1, 0.15) is 6.29 Å². The number of nitrogens with zero attached hydrogens (tertiary/aromatic N) is 3. The zero-order valence-electron chi connectivity index (χ0n) is 13.9. The van der Waals surface area contributed by atoms with Gasteiger partial charge < -0.3 is 14.8 Å². The van der Waals surface area contributed by atoms with Crippen LogP contribution in [0.4, 0.5) is 5.13 Å². The van der Waals surface area contributed by atoms with Crippen molar-refractivity contribution in [3.8, 4) is 11.3 Å². The van der Waals surface area contributed by atoms with E-state index in [-0.39, 0.29) is 0 Å². The summed E-state index contributed by atoms with van der Waals surface area (Å²) in [5.41, 5.74) is 2.88. The molecular weight excluding hydrogens is 336 g/mol. The molecule has 25 heavy (non-hydrogen) atoms. The Hall–Kier alpha value is -2.25. The van der Waals surface area contributed by atoms with Crippen molar-refractivity contribution in [3.05, 3.63) is 36.0 Å². The van der Waals surface area contributed by atoms with Crippen LogP contribution in [0.25, 0.3) is 16.2 Å². The number of hydrogen-bond donors (Lipinski definition) is 1. The summed E-state index contributed by atoms with van der Waals surface area (Å²) in [5, 5.41) is 8.90. The molecule has 130 valence electrons. The van der Waals surface area contributed by atoms with Crippen LogP contribution in [0.1, 0.15) is 18.4 Å². The third-order valence-electron chi connectivity index (χ3n) is 4.47. The summed E-state index contributed by atoms with van der Waals surface area (Å²) >= 11 is 1.56. The predicted molar refractivity (Wildman–Crippen MR) is 98.1 cm³/mol. The van der Waals surface area contributed by atoms with Crippen molar-refractivity contribution in [3.63, 3.8) is 0 Å². The molecule has 7 heteroatoms. The monoisotopic (exact) mass is 356 g/mol. The van der Waals surface area contributed by atoms with Gasteiger partial charge in [0.05, 0.1) is 11.9 Å². The number of imidazole rings is 1. The molecule has 1 N–H and O–H groups in total. The molecule has 0 saturated carbocycles. The van der Waals surface area contributed by atoms with Gasteiger partial charge in [-0.05, 0) is 30.4 Å². The van der Waals surface area contributed by atoms with Crippen LogP contribution in [0.15, 0.2) is 30.5 Å². The van der Waals surface area contributed by atoms with Crippen LogP contribution < -0.4 is 5.32 Å². The number of anilines is 1. The first-order valence-electron chi connectivity index (χ1n) is 8.52. The van der Waals surface area contributed by atoms with Crippen molar-refractivity contribution in [1.29, 1.82) is 0 Å². The predicted octanol–water partition coefficient (Wildman–Crippen LogP) is 3.04. The molecule has 0 unspecified atom stereocenters. The van der Waals surface area contributed by atoms with Gasteiger partial charge in [-0.2, -0.15) is 0 Å². The van der Waals surface area contributed by atoms with Crippen LogP contribution in [0.2, 0.25) is 0 Å². The molecule has 1 aromatic carbocycles. The van der Waals surface area contributed by atoms with E-state index in [0.717, 1.165) is 65.8 Å². The van der Waals surface area contributed by atoms with Gasteiger partial charge in [0.25, 0.3) is 0 Å². The minimum atomic E-state index is 0.425. The molecule has 1 aliphatic heterocycles. The molecule has 1 saturated heterocycles. The Morgan fingerprint density at radius 1 is 1.36 bits per heavy atom. The van der Waals surface area contributed by atoms with Crippen LogP contribution in [-0.2, 0) is 16.0 Å². The second kappa shape index (κ2) is 7.33. The van der Waals surface area contributed by atoms with Crippen LogP contribution in [0.5, 0.6) is 0 Å². The number of hydrogen-bond acceptors (Lipinski definition) is 6. The number of benzene rings is 1. The van der Waals surface area contributed by atoms with Crippen molar-refractivity contribution in [2.24, 2.45) is 5.92 Å². The first-order chi connectivity index (χ1) is 12.3. The molecule has 4 rings (SSSR count). The van der Waals surface area contributed by atoms with Crippen LogP contribution in [-0.4, -0.2) is 40.6 Å². The highest BCUT2D eigenvalue weighted by Gasteiger charge is 2.15. The summed E-state index contributed by atoms with van der Waals surface area (Å²) in [6, 6.07) is 7.92. The van der Waals surface area contributed by atoms with Gasteiger partial charge in [-0.15, -0.1) is 5.10 Å². The highest BCUT2D eigenvalue weighted by Crippen LogP contribution is 2.25. The number of fused-ring (bicyclic) bond motifs is 1. The molecule has 0 atom stereocenters. The Balaban J connectivity index is 1.47. The minimum Gasteiger partial charge on any atom is -0.381 e. The van der Waals surface area contributed by atoms with Crippen molar-refractivity contribution in [2.45, 2.75) is 19.3 Å². The summed E-state index contributed by atoms with van der Waals surface area (Å²) in [6.07, 6.45) is 5.50. The summed E-state index contributed by atoms with van der Waals surface area (Å²) in [6.45, 7) is 2.65. The van der Waals surface area contributed by atoms with Gasteiger partial charge >= 0.3 is 0 Å². The first-order valence-corrected chi connectivity index (χ1v) is 9.34. The second-order valence-corrected chi connectivity index (χ2v) is 7.22. The molecule has 1 fully saturated rings. The van der Waals surface area contributed by atoms with E-state index >= 15 is 0 Å². The first kappa shape index (κ1) is 16.2. The average Bonchev–Trinajstić information content (AvgIpc) is 3.20. The number of aromatic nitrogens is 3. The highest BCUT2D eigenvalue weighted by molar-refractivity contribution is 7.20. The number of aldehydes is 1. The Labute approximate surface area is 149 Å². The number of carbonyl (C=O) groups is 1. The zero-order chi connectivity index (χ0) is 17.1. The molecule has 0 bridgehead atoms. The van der Waals surface area contributed by atoms with Gasteiger partial charge in [-0.3, -0.25) is 0 Å². The maximum atomic E-state index is 10.7. The number of carbonyl (C=O) groups excluding carboxylic acids is 1. The zero-order valence-corrected chi connectivity index (χ0v) is 14.7. The molecular formula is C18H20N4O2S. The minimum absolute atomic E-state index is 0.425. The fraction of sp³-hybridized carbons (Fsp3) is 0.389. The largest absolute Gasteiger partial charge is 0.381 e. The lowest BCUT2D eigenvalue weighted by Gasteiger charge is -2.21. The van der Waals surface area contributed by atoms with E-state index in [0.29, 0.717) is 12.3 Å². The average molecular weight is 356 g/mol. The van der Waals surface area contributed by atoms with E-state index < -0.39 is 0 Å². The third-order valence-corrected chi connectivity index (χ3v) is 5.35. The van der Waals surface area contributed by atoms with Gasteiger partial charge in [-0.1, -0.05) is 29.5 Å². The molecule has 6 nitrogen and oxygen atoms in total. The third kappa shape index (κ3) is 3.72. The standard InChI is InChI=1S/C18H20N4O2S/c23-7-4-13-2-1-3-15(10-13)16-12-22-18(20-16)25-17(21-22)19-11-14-5-8-24-9-6-14/h1-3,7,10,12,14H,4-6,8-9,11H2,(H,19,21). The Morgan fingerprint density at radius 3 is 3.04 bits per heavy atom. The van der Waals surface area contributed by atoms with Crippen molar-refractivity contribution < 1.29 is 9.53 Å². The van der Waals surface area contributed by atoms with Gasteiger partial charge in [0.15, 0.2) is 0 Å². The molecule has 1 aliphatic rings. The van der Waals surface area contributed by atoms with Gasteiger partial charge in [0, 0.05) is 31.7 Å². The molecule has 2 aromatic heterocycles. The van der Waals surface area contributed by atoms with E-state index in [9.17, 15) is 4.79 Å². The number of nitrogens with one attached hydrogen (secondary N) is 1. The quantitative estimate of drug-likeness (QED) is 0.688. The summed E-state index contributed by atoms with van der Waals surface area (Å²) < 4.78 is 7.21. The Bertz CT molecular complexity index is 835. The molecule has 0 aliphatic carbocycles. The summed E-state index contributed by atoms with van der Waals surface area (Å²) in [5.74, 6) is 0.654. The normalized spacial score (nSPS) is 15.5. The lowest BCUT2D eigenvalue weighted by Crippen LogP contribution is -2.22. The Kier molecular flexibility index (Phi) is 4.76.